The summed E-state index contributed by atoms with van der Waals surface area (Å²) >= 11 is 0. The number of hydrogen-bond donors (Lipinski definition) is 1. The van der Waals surface area contributed by atoms with E-state index >= 15 is 0 Å². The summed E-state index contributed by atoms with van der Waals surface area (Å²) in [5.41, 5.74) is 8.73. The summed E-state index contributed by atoms with van der Waals surface area (Å²) in [5.74, 6) is 1.30. The molecule has 2 N–H and O–H groups in total. The minimum atomic E-state index is 0.00439. The van der Waals surface area contributed by atoms with Crippen molar-refractivity contribution in [2.75, 3.05) is 20.2 Å². The van der Waals surface area contributed by atoms with Gasteiger partial charge in [0.1, 0.15) is 5.75 Å². The predicted octanol–water partition coefficient (Wildman–Crippen LogP) is 1.67. The van der Waals surface area contributed by atoms with Crippen molar-refractivity contribution in [3.8, 4) is 5.75 Å². The largest absolute Gasteiger partial charge is 0.497 e. The Labute approximate surface area is 114 Å². The molecule has 19 heavy (non-hydrogen) atoms. The molecule has 4 heteroatoms. The van der Waals surface area contributed by atoms with Gasteiger partial charge in [0, 0.05) is 32.0 Å². The number of piperidine rings is 1. The maximum absolute atomic E-state index is 11.4. The summed E-state index contributed by atoms with van der Waals surface area (Å²) in [6.45, 7) is 5.12. The molecule has 2 unspecified atom stereocenters. The van der Waals surface area contributed by atoms with Gasteiger partial charge in [-0.1, -0.05) is 6.07 Å². The summed E-state index contributed by atoms with van der Waals surface area (Å²) in [7, 11) is 1.67. The van der Waals surface area contributed by atoms with Gasteiger partial charge in [-0.15, -0.1) is 0 Å². The number of carbonyl (C=O) groups excluding carboxylic acids is 1. The fourth-order valence-electron chi connectivity index (χ4n) is 2.85. The van der Waals surface area contributed by atoms with Crippen molar-refractivity contribution in [2.24, 2.45) is 5.73 Å². The Morgan fingerprint density at radius 1 is 1.47 bits per heavy atom. The summed E-state index contributed by atoms with van der Waals surface area (Å²) < 4.78 is 5.23. The Bertz CT molecular complexity index is 473. The van der Waals surface area contributed by atoms with Crippen molar-refractivity contribution in [2.45, 2.75) is 32.2 Å². The van der Waals surface area contributed by atoms with E-state index in [4.69, 9.17) is 10.5 Å². The number of nitrogens with two attached hydrogens (primary N) is 1. The molecule has 104 valence electrons. The minimum Gasteiger partial charge on any atom is -0.497 e. The van der Waals surface area contributed by atoms with Gasteiger partial charge in [0.25, 0.3) is 0 Å². The highest BCUT2D eigenvalue weighted by molar-refractivity contribution is 5.73. The number of aryl methyl sites for hydroxylation is 1. The molecule has 0 radical (unpaired) electrons. The number of rotatable bonds is 2. The number of benzene rings is 1. The molecule has 1 heterocycles. The number of hydrogen-bond acceptors (Lipinski definition) is 3. The monoisotopic (exact) mass is 262 g/mol. The summed E-state index contributed by atoms with van der Waals surface area (Å²) in [4.78, 5) is 13.2. The fourth-order valence-corrected chi connectivity index (χ4v) is 2.85. The van der Waals surface area contributed by atoms with Gasteiger partial charge < -0.3 is 15.4 Å². The molecule has 0 saturated carbocycles. The van der Waals surface area contributed by atoms with Crippen LogP contribution >= 0.6 is 0 Å². The maximum atomic E-state index is 11.4. The molecule has 1 saturated heterocycles. The van der Waals surface area contributed by atoms with E-state index in [1.807, 2.05) is 17.0 Å². The molecule has 0 aromatic heterocycles. The molecule has 1 amide bonds. The molecule has 1 fully saturated rings. The number of nitrogens with zero attached hydrogens (tertiary/aromatic N) is 1. The number of carbonyl (C=O) groups is 1. The van der Waals surface area contributed by atoms with Crippen LogP contribution < -0.4 is 10.5 Å². The number of amides is 1. The van der Waals surface area contributed by atoms with E-state index in [2.05, 4.69) is 13.0 Å². The standard InChI is InChI=1S/C15H22N2O2/c1-10-8-12(19-3)4-5-13(10)14-6-7-17(11(2)18)9-15(14)16/h4-5,8,14-15H,6-7,9,16H2,1-3H3. The van der Waals surface area contributed by atoms with E-state index in [1.165, 1.54) is 11.1 Å². The topological polar surface area (TPSA) is 55.6 Å². The van der Waals surface area contributed by atoms with Gasteiger partial charge in [-0.3, -0.25) is 4.79 Å². The van der Waals surface area contributed by atoms with Crippen LogP contribution in [0.4, 0.5) is 0 Å². The molecule has 2 rings (SSSR count). The number of methoxy groups -OCH3 is 1. The third kappa shape index (κ3) is 2.89. The third-order valence-electron chi connectivity index (χ3n) is 3.98. The van der Waals surface area contributed by atoms with Crippen molar-refractivity contribution >= 4 is 5.91 Å². The Kier molecular flexibility index (Phi) is 4.10. The lowest BCUT2D eigenvalue weighted by Crippen LogP contribution is -2.49. The summed E-state index contributed by atoms with van der Waals surface area (Å²) in [6.07, 6.45) is 0.925. The van der Waals surface area contributed by atoms with Crippen LogP contribution in [-0.4, -0.2) is 37.0 Å². The molecule has 1 aliphatic rings. The lowest BCUT2D eigenvalue weighted by Gasteiger charge is -2.37. The zero-order chi connectivity index (χ0) is 14.0. The number of ether oxygens (including phenoxy) is 1. The van der Waals surface area contributed by atoms with Gasteiger partial charge in [0.2, 0.25) is 5.91 Å². The zero-order valence-electron chi connectivity index (χ0n) is 11.8. The highest BCUT2D eigenvalue weighted by atomic mass is 16.5. The molecular weight excluding hydrogens is 240 g/mol. The van der Waals surface area contributed by atoms with E-state index in [0.717, 1.165) is 18.7 Å². The Hall–Kier alpha value is -1.55. The van der Waals surface area contributed by atoms with E-state index in [-0.39, 0.29) is 11.9 Å². The fraction of sp³-hybridized carbons (Fsp3) is 0.533. The smallest absolute Gasteiger partial charge is 0.219 e. The average Bonchev–Trinajstić information content (AvgIpc) is 2.39. The van der Waals surface area contributed by atoms with E-state index in [9.17, 15) is 4.79 Å². The van der Waals surface area contributed by atoms with Gasteiger partial charge in [-0.05, 0) is 36.6 Å². The first-order chi connectivity index (χ1) is 9.02. The molecular formula is C15H22N2O2. The van der Waals surface area contributed by atoms with Crippen LogP contribution in [0.25, 0.3) is 0 Å². The molecule has 0 aliphatic carbocycles. The zero-order valence-corrected chi connectivity index (χ0v) is 11.8. The normalized spacial score (nSPS) is 23.3. The lowest BCUT2D eigenvalue weighted by molar-refractivity contribution is -0.130. The third-order valence-corrected chi connectivity index (χ3v) is 3.98. The van der Waals surface area contributed by atoms with Crippen molar-refractivity contribution in [3.05, 3.63) is 29.3 Å². The molecule has 2 atom stereocenters. The molecule has 0 spiro atoms. The second kappa shape index (κ2) is 5.61. The Morgan fingerprint density at radius 2 is 2.21 bits per heavy atom. The van der Waals surface area contributed by atoms with E-state index in [0.29, 0.717) is 12.5 Å². The van der Waals surface area contributed by atoms with Crippen molar-refractivity contribution in [1.29, 1.82) is 0 Å². The quantitative estimate of drug-likeness (QED) is 0.882. The minimum absolute atomic E-state index is 0.00439. The van der Waals surface area contributed by atoms with Crippen LogP contribution in [-0.2, 0) is 4.79 Å². The van der Waals surface area contributed by atoms with E-state index in [1.54, 1.807) is 14.0 Å². The Morgan fingerprint density at radius 3 is 2.74 bits per heavy atom. The SMILES string of the molecule is COc1ccc(C2CCN(C(C)=O)CC2N)c(C)c1. The second-order valence-corrected chi connectivity index (χ2v) is 5.25. The number of likely N-dealkylation sites (tertiary alicyclic amines) is 1. The summed E-state index contributed by atoms with van der Waals surface area (Å²) in [6, 6.07) is 6.12. The van der Waals surface area contributed by atoms with Crippen molar-refractivity contribution < 1.29 is 9.53 Å². The second-order valence-electron chi connectivity index (χ2n) is 5.25. The van der Waals surface area contributed by atoms with Gasteiger partial charge in [-0.2, -0.15) is 0 Å². The van der Waals surface area contributed by atoms with Gasteiger partial charge in [0.05, 0.1) is 7.11 Å². The molecule has 1 aromatic carbocycles. The van der Waals surface area contributed by atoms with Crippen LogP contribution in [0.2, 0.25) is 0 Å². The molecule has 4 nitrogen and oxygen atoms in total. The molecule has 1 aromatic rings. The average molecular weight is 262 g/mol. The van der Waals surface area contributed by atoms with Gasteiger partial charge >= 0.3 is 0 Å². The Balaban J connectivity index is 2.17. The summed E-state index contributed by atoms with van der Waals surface area (Å²) in [5, 5.41) is 0. The van der Waals surface area contributed by atoms with E-state index < -0.39 is 0 Å². The first-order valence-electron chi connectivity index (χ1n) is 6.68. The van der Waals surface area contributed by atoms with Crippen LogP contribution in [0.5, 0.6) is 5.75 Å². The van der Waals surface area contributed by atoms with Crippen LogP contribution in [0.15, 0.2) is 18.2 Å². The first kappa shape index (κ1) is 13.9. The molecule has 0 bridgehead atoms. The van der Waals surface area contributed by atoms with Crippen LogP contribution in [0.3, 0.4) is 0 Å². The first-order valence-corrected chi connectivity index (χ1v) is 6.68. The lowest BCUT2D eigenvalue weighted by atomic mass is 9.83. The maximum Gasteiger partial charge on any atom is 0.219 e. The van der Waals surface area contributed by atoms with Crippen molar-refractivity contribution in [1.82, 2.24) is 4.90 Å². The highest BCUT2D eigenvalue weighted by Crippen LogP contribution is 2.31. The van der Waals surface area contributed by atoms with Gasteiger partial charge in [0.15, 0.2) is 0 Å². The highest BCUT2D eigenvalue weighted by Gasteiger charge is 2.29. The van der Waals surface area contributed by atoms with Crippen LogP contribution in [0.1, 0.15) is 30.4 Å². The predicted molar refractivity (Wildman–Crippen MR) is 75.3 cm³/mol. The van der Waals surface area contributed by atoms with Crippen LogP contribution in [0, 0.1) is 6.92 Å². The van der Waals surface area contributed by atoms with Gasteiger partial charge in [-0.25, -0.2) is 0 Å². The molecule has 1 aliphatic heterocycles. The van der Waals surface area contributed by atoms with Crippen molar-refractivity contribution in [3.63, 3.8) is 0 Å².